The molecule has 3 aromatic carbocycles. The summed E-state index contributed by atoms with van der Waals surface area (Å²) in [6.07, 6.45) is 1.75. The van der Waals surface area contributed by atoms with Gasteiger partial charge in [-0.25, -0.2) is 9.79 Å². The van der Waals surface area contributed by atoms with Crippen molar-refractivity contribution < 1.29 is 28.5 Å². The molecule has 1 amide bonds. The number of ether oxygens (including phenoxy) is 4. The lowest BCUT2D eigenvalue weighted by atomic mass is 9.95. The maximum Gasteiger partial charge on any atom is 0.344 e. The highest BCUT2D eigenvalue weighted by Gasteiger charge is 2.32. The zero-order valence-corrected chi connectivity index (χ0v) is 26.2. The second kappa shape index (κ2) is 14.1. The summed E-state index contributed by atoms with van der Waals surface area (Å²) in [4.78, 5) is 44.8. The van der Waals surface area contributed by atoms with Crippen LogP contribution in [-0.2, 0) is 14.3 Å². The third-order valence-corrected chi connectivity index (χ3v) is 7.93. The molecule has 1 atom stereocenters. The Hall–Kier alpha value is -5.16. The Kier molecular flexibility index (Phi) is 9.79. The minimum Gasteiger partial charge on any atom is -0.497 e. The van der Waals surface area contributed by atoms with E-state index in [0.717, 1.165) is 5.56 Å². The number of para-hydroxylation sites is 1. The standard InChI is InChI=1S/C34H33N3O7S/c1-5-42-27-18-22(12-17-26(27)44-20-29(38)43-6-2)19-28-33(40)37-31(23-13-15-25(41-4)16-14-23)30(21(3)35-34(37)45-28)32(39)36-24-10-8-7-9-11-24/h7-19,31H,5-6,20H2,1-4H3,(H,36,39)/b28-19+/t31-/m0/s1. The number of amides is 1. The van der Waals surface area contributed by atoms with E-state index in [0.29, 0.717) is 55.7 Å². The van der Waals surface area contributed by atoms with Crippen molar-refractivity contribution in [2.45, 2.75) is 26.8 Å². The molecule has 0 saturated carbocycles. The van der Waals surface area contributed by atoms with Crippen molar-refractivity contribution in [1.82, 2.24) is 4.57 Å². The fourth-order valence-corrected chi connectivity index (χ4v) is 5.97. The highest BCUT2D eigenvalue weighted by molar-refractivity contribution is 7.07. The molecule has 0 fully saturated rings. The van der Waals surface area contributed by atoms with Gasteiger partial charge in [0.05, 0.1) is 42.2 Å². The number of benzene rings is 3. The number of allylic oxidation sites excluding steroid dienone is 1. The molecule has 5 rings (SSSR count). The number of carbonyl (C=O) groups excluding carboxylic acids is 2. The van der Waals surface area contributed by atoms with E-state index in [1.807, 2.05) is 37.3 Å². The molecule has 1 aliphatic rings. The summed E-state index contributed by atoms with van der Waals surface area (Å²) in [7, 11) is 1.58. The maximum absolute atomic E-state index is 14.1. The summed E-state index contributed by atoms with van der Waals surface area (Å²) in [5.74, 6) is 0.630. The molecule has 10 nitrogen and oxygen atoms in total. The van der Waals surface area contributed by atoms with E-state index in [2.05, 4.69) is 5.32 Å². The topological polar surface area (TPSA) is 117 Å². The van der Waals surface area contributed by atoms with E-state index in [-0.39, 0.29) is 24.7 Å². The van der Waals surface area contributed by atoms with Gasteiger partial charge in [-0.05, 0) is 74.4 Å². The van der Waals surface area contributed by atoms with E-state index < -0.39 is 12.0 Å². The van der Waals surface area contributed by atoms with E-state index in [1.54, 1.807) is 74.1 Å². The Morgan fingerprint density at radius 1 is 0.978 bits per heavy atom. The molecular weight excluding hydrogens is 594 g/mol. The molecular formula is C34H33N3O7S. The number of rotatable bonds is 11. The minimum absolute atomic E-state index is 0.253. The molecule has 11 heteroatoms. The first-order valence-corrected chi connectivity index (χ1v) is 15.2. The molecule has 0 saturated heterocycles. The molecule has 0 aliphatic carbocycles. The zero-order chi connectivity index (χ0) is 31.9. The second-order valence-corrected chi connectivity index (χ2v) is 10.9. The number of hydrogen-bond acceptors (Lipinski definition) is 9. The minimum atomic E-state index is -0.726. The van der Waals surface area contributed by atoms with Gasteiger partial charge in [0.15, 0.2) is 22.9 Å². The summed E-state index contributed by atoms with van der Waals surface area (Å²) >= 11 is 1.23. The van der Waals surface area contributed by atoms with Gasteiger partial charge >= 0.3 is 5.97 Å². The highest BCUT2D eigenvalue weighted by Crippen LogP contribution is 2.32. The number of hydrogen-bond donors (Lipinski definition) is 1. The Morgan fingerprint density at radius 3 is 2.42 bits per heavy atom. The van der Waals surface area contributed by atoms with Crippen molar-refractivity contribution in [3.8, 4) is 17.2 Å². The van der Waals surface area contributed by atoms with Gasteiger partial charge in [-0.1, -0.05) is 47.7 Å². The van der Waals surface area contributed by atoms with Crippen LogP contribution >= 0.6 is 11.3 Å². The first kappa shape index (κ1) is 31.3. The van der Waals surface area contributed by atoms with Gasteiger partial charge in [0.2, 0.25) is 0 Å². The van der Waals surface area contributed by atoms with Crippen LogP contribution in [0.2, 0.25) is 0 Å². The molecule has 2 heterocycles. The zero-order valence-electron chi connectivity index (χ0n) is 25.4. The average molecular weight is 628 g/mol. The third kappa shape index (κ3) is 6.99. The van der Waals surface area contributed by atoms with Crippen LogP contribution < -0.4 is 34.4 Å². The lowest BCUT2D eigenvalue weighted by Crippen LogP contribution is -2.40. The first-order valence-electron chi connectivity index (χ1n) is 14.4. The van der Waals surface area contributed by atoms with Crippen molar-refractivity contribution >= 4 is 35.0 Å². The predicted octanol–water partition coefficient (Wildman–Crippen LogP) is 4.22. The van der Waals surface area contributed by atoms with Crippen LogP contribution in [0, 0.1) is 0 Å². The van der Waals surface area contributed by atoms with Gasteiger partial charge in [-0.3, -0.25) is 14.2 Å². The Labute approximate surface area is 263 Å². The molecule has 0 radical (unpaired) electrons. The largest absolute Gasteiger partial charge is 0.497 e. The summed E-state index contributed by atoms with van der Waals surface area (Å²) in [5, 5.41) is 2.95. The highest BCUT2D eigenvalue weighted by atomic mass is 32.1. The summed E-state index contributed by atoms with van der Waals surface area (Å²) in [6.45, 7) is 5.72. The van der Waals surface area contributed by atoms with E-state index in [1.165, 1.54) is 11.3 Å². The molecule has 232 valence electrons. The van der Waals surface area contributed by atoms with Crippen LogP contribution in [0.3, 0.4) is 0 Å². The number of fused-ring (bicyclic) bond motifs is 1. The molecule has 4 aromatic rings. The maximum atomic E-state index is 14.1. The fourth-order valence-electron chi connectivity index (χ4n) is 4.93. The SMILES string of the molecule is CCOC(=O)COc1ccc(/C=c2/sc3n(c2=O)[C@@H](c2ccc(OC)cc2)C(C(=O)Nc2ccccc2)=C(C)N=3)cc1OCC. The Bertz CT molecular complexity index is 1910. The molecule has 45 heavy (non-hydrogen) atoms. The summed E-state index contributed by atoms with van der Waals surface area (Å²) < 4.78 is 23.7. The van der Waals surface area contributed by atoms with Gasteiger partial charge in [-0.15, -0.1) is 0 Å². The molecule has 1 aliphatic heterocycles. The quantitative estimate of drug-likeness (QED) is 0.248. The van der Waals surface area contributed by atoms with E-state index >= 15 is 0 Å². The smallest absolute Gasteiger partial charge is 0.344 e. The van der Waals surface area contributed by atoms with Gasteiger partial charge < -0.3 is 24.3 Å². The lowest BCUT2D eigenvalue weighted by molar-refractivity contribution is -0.145. The van der Waals surface area contributed by atoms with Crippen LogP contribution in [0.4, 0.5) is 5.69 Å². The van der Waals surface area contributed by atoms with E-state index in [4.69, 9.17) is 23.9 Å². The number of esters is 1. The second-order valence-electron chi connectivity index (χ2n) is 9.91. The summed E-state index contributed by atoms with van der Waals surface area (Å²) in [5.41, 5.74) is 2.64. The van der Waals surface area contributed by atoms with Crippen LogP contribution in [0.25, 0.3) is 6.08 Å². The molecule has 1 aromatic heterocycles. The van der Waals surface area contributed by atoms with Gasteiger partial charge in [0.1, 0.15) is 5.75 Å². The Balaban J connectivity index is 1.57. The molecule has 0 spiro atoms. The number of aromatic nitrogens is 1. The van der Waals surface area contributed by atoms with Crippen molar-refractivity contribution in [3.63, 3.8) is 0 Å². The van der Waals surface area contributed by atoms with Crippen molar-refractivity contribution in [3.05, 3.63) is 115 Å². The van der Waals surface area contributed by atoms with Crippen molar-refractivity contribution in [2.24, 2.45) is 4.99 Å². The van der Waals surface area contributed by atoms with Gasteiger partial charge in [0.25, 0.3) is 11.5 Å². The average Bonchev–Trinajstić information content (AvgIpc) is 3.34. The van der Waals surface area contributed by atoms with Crippen LogP contribution in [-0.4, -0.2) is 43.4 Å². The van der Waals surface area contributed by atoms with Crippen molar-refractivity contribution in [2.75, 3.05) is 32.2 Å². The normalized spacial score (nSPS) is 14.3. The van der Waals surface area contributed by atoms with Crippen LogP contribution in [0.15, 0.2) is 93.9 Å². The number of methoxy groups -OCH3 is 1. The van der Waals surface area contributed by atoms with Crippen LogP contribution in [0.1, 0.15) is 37.9 Å². The van der Waals surface area contributed by atoms with E-state index in [9.17, 15) is 14.4 Å². The Morgan fingerprint density at radius 2 is 1.73 bits per heavy atom. The predicted molar refractivity (Wildman–Crippen MR) is 172 cm³/mol. The van der Waals surface area contributed by atoms with Gasteiger partial charge in [-0.2, -0.15) is 0 Å². The van der Waals surface area contributed by atoms with Crippen LogP contribution in [0.5, 0.6) is 17.2 Å². The number of anilines is 1. The number of thiazole rings is 1. The number of carbonyl (C=O) groups is 2. The van der Waals surface area contributed by atoms with Gasteiger partial charge in [0, 0.05) is 5.69 Å². The third-order valence-electron chi connectivity index (χ3n) is 6.95. The number of nitrogens with zero attached hydrogens (tertiary/aromatic N) is 2. The molecule has 1 N–H and O–H groups in total. The monoisotopic (exact) mass is 627 g/mol. The lowest BCUT2D eigenvalue weighted by Gasteiger charge is -2.25. The molecule has 0 bridgehead atoms. The fraction of sp³-hybridized carbons (Fsp3) is 0.235. The number of nitrogens with one attached hydrogen (secondary N) is 1. The van der Waals surface area contributed by atoms with Crippen molar-refractivity contribution in [1.29, 1.82) is 0 Å². The molecule has 0 unspecified atom stereocenters. The first-order chi connectivity index (χ1) is 21.8. The summed E-state index contributed by atoms with van der Waals surface area (Å²) in [6, 6.07) is 20.9.